The molecule has 0 bridgehead atoms. The Morgan fingerprint density at radius 3 is 2.48 bits per heavy atom. The van der Waals surface area contributed by atoms with Gasteiger partial charge in [-0.2, -0.15) is 0 Å². The monoisotopic (exact) mass is 346 g/mol. The molecule has 1 atom stereocenters. The number of amides is 1. The molecule has 1 unspecified atom stereocenters. The van der Waals surface area contributed by atoms with Gasteiger partial charge in [-0.25, -0.2) is 0 Å². The number of aliphatic carboxylic acids is 1. The van der Waals surface area contributed by atoms with E-state index in [0.717, 1.165) is 37.2 Å². The minimum atomic E-state index is -1.26. The summed E-state index contributed by atoms with van der Waals surface area (Å²) in [5.41, 5.74) is 0.827. The van der Waals surface area contributed by atoms with Crippen LogP contribution in [0.15, 0.2) is 24.3 Å². The number of hydrogen-bond acceptors (Lipinski definition) is 4. The van der Waals surface area contributed by atoms with Crippen LogP contribution in [0.25, 0.3) is 0 Å². The van der Waals surface area contributed by atoms with E-state index in [-0.39, 0.29) is 11.9 Å². The molecule has 3 rings (SSSR count). The molecular weight excluding hydrogens is 320 g/mol. The maximum atomic E-state index is 12.8. The van der Waals surface area contributed by atoms with Crippen molar-refractivity contribution in [2.45, 2.75) is 38.6 Å². The van der Waals surface area contributed by atoms with Crippen LogP contribution in [0.4, 0.5) is 5.69 Å². The maximum Gasteiger partial charge on any atom is 0.319 e. The van der Waals surface area contributed by atoms with Gasteiger partial charge in [0, 0.05) is 18.8 Å². The van der Waals surface area contributed by atoms with E-state index >= 15 is 0 Å². The van der Waals surface area contributed by atoms with Gasteiger partial charge < -0.3 is 20.1 Å². The highest BCUT2D eigenvalue weighted by atomic mass is 16.5. The van der Waals surface area contributed by atoms with Gasteiger partial charge in [0.25, 0.3) is 0 Å². The van der Waals surface area contributed by atoms with E-state index in [4.69, 9.17) is 4.74 Å². The largest absolute Gasteiger partial charge is 0.480 e. The third-order valence-electron chi connectivity index (χ3n) is 5.40. The van der Waals surface area contributed by atoms with E-state index in [1.165, 1.54) is 0 Å². The number of nitrogens with one attached hydrogen (secondary N) is 1. The van der Waals surface area contributed by atoms with Crippen molar-refractivity contribution in [1.82, 2.24) is 5.32 Å². The minimum Gasteiger partial charge on any atom is -0.480 e. The highest BCUT2D eigenvalue weighted by Gasteiger charge is 2.48. The van der Waals surface area contributed by atoms with Crippen LogP contribution in [-0.2, 0) is 14.3 Å². The Labute approximate surface area is 148 Å². The van der Waals surface area contributed by atoms with Gasteiger partial charge in [-0.1, -0.05) is 31.0 Å². The van der Waals surface area contributed by atoms with Crippen molar-refractivity contribution in [3.63, 3.8) is 0 Å². The Bertz CT molecular complexity index is 634. The number of carboxylic acid groups (broad SMARTS) is 1. The summed E-state index contributed by atoms with van der Waals surface area (Å²) < 4.78 is 5.42. The van der Waals surface area contributed by atoms with Crippen LogP contribution >= 0.6 is 0 Å². The highest BCUT2D eigenvalue weighted by molar-refractivity contribution is 6.02. The van der Waals surface area contributed by atoms with Crippen molar-refractivity contribution in [3.8, 4) is 0 Å². The van der Waals surface area contributed by atoms with Crippen LogP contribution in [0.1, 0.15) is 44.2 Å². The molecule has 1 aliphatic heterocycles. The van der Waals surface area contributed by atoms with E-state index in [2.05, 4.69) is 10.2 Å². The summed E-state index contributed by atoms with van der Waals surface area (Å²) in [4.78, 5) is 26.7. The van der Waals surface area contributed by atoms with Crippen molar-refractivity contribution in [2.75, 3.05) is 31.2 Å². The van der Waals surface area contributed by atoms with Gasteiger partial charge in [-0.3, -0.25) is 9.59 Å². The number of benzene rings is 1. The van der Waals surface area contributed by atoms with Crippen LogP contribution < -0.4 is 10.2 Å². The zero-order valence-electron chi connectivity index (χ0n) is 14.7. The second-order valence-corrected chi connectivity index (χ2v) is 6.95. The van der Waals surface area contributed by atoms with Gasteiger partial charge in [0.15, 0.2) is 0 Å². The standard InChI is InChI=1S/C19H26N2O4/c1-14(20-17(22)19(18(23)24)8-4-5-9-19)15-6-2-3-7-16(15)21-10-12-25-13-11-21/h2-3,6-7,14H,4-5,8-13H2,1H3,(H,20,22)(H,23,24). The smallest absolute Gasteiger partial charge is 0.319 e. The van der Waals surface area contributed by atoms with Crippen LogP contribution in [0.2, 0.25) is 0 Å². The fourth-order valence-electron chi connectivity index (χ4n) is 3.88. The Morgan fingerprint density at radius 2 is 1.84 bits per heavy atom. The molecule has 1 aliphatic carbocycles. The fraction of sp³-hybridized carbons (Fsp3) is 0.579. The molecule has 0 radical (unpaired) electrons. The molecular formula is C19H26N2O4. The first-order valence-corrected chi connectivity index (χ1v) is 9.00. The van der Waals surface area contributed by atoms with E-state index in [9.17, 15) is 14.7 Å². The van der Waals surface area contributed by atoms with Crippen LogP contribution in [0, 0.1) is 5.41 Å². The molecule has 2 N–H and O–H groups in total. The van der Waals surface area contributed by atoms with Crippen LogP contribution in [0.5, 0.6) is 0 Å². The lowest BCUT2D eigenvalue weighted by molar-refractivity contribution is -0.155. The summed E-state index contributed by atoms with van der Waals surface area (Å²) in [6.45, 7) is 4.93. The molecule has 1 saturated heterocycles. The number of ether oxygens (including phenoxy) is 1. The molecule has 0 aromatic heterocycles. The number of nitrogens with zero attached hydrogens (tertiary/aromatic N) is 1. The second kappa shape index (κ2) is 7.44. The van der Waals surface area contributed by atoms with Crippen LogP contribution in [0.3, 0.4) is 0 Å². The van der Waals surface area contributed by atoms with Crippen molar-refractivity contribution >= 4 is 17.6 Å². The zero-order chi connectivity index (χ0) is 17.9. The van der Waals surface area contributed by atoms with E-state index in [1.807, 2.05) is 31.2 Å². The summed E-state index contributed by atoms with van der Waals surface area (Å²) in [5.74, 6) is -1.36. The Hall–Kier alpha value is -2.08. The molecule has 1 amide bonds. The van der Waals surface area contributed by atoms with E-state index < -0.39 is 11.4 Å². The number of carbonyl (C=O) groups excluding carboxylic acids is 1. The number of para-hydroxylation sites is 1. The van der Waals surface area contributed by atoms with Gasteiger partial charge >= 0.3 is 5.97 Å². The molecule has 1 saturated carbocycles. The molecule has 1 aromatic rings. The summed E-state index contributed by atoms with van der Waals surface area (Å²) in [6.07, 6.45) is 2.43. The van der Waals surface area contributed by atoms with Gasteiger partial charge in [-0.05, 0) is 31.4 Å². The number of hydrogen-bond donors (Lipinski definition) is 2. The number of carboxylic acids is 1. The van der Waals surface area contributed by atoms with Crippen molar-refractivity contribution in [3.05, 3.63) is 29.8 Å². The van der Waals surface area contributed by atoms with Gasteiger partial charge in [0.2, 0.25) is 5.91 Å². The average molecular weight is 346 g/mol. The zero-order valence-corrected chi connectivity index (χ0v) is 14.7. The Morgan fingerprint density at radius 1 is 1.20 bits per heavy atom. The normalized spacial score (nSPS) is 20.9. The summed E-state index contributed by atoms with van der Waals surface area (Å²) >= 11 is 0. The lowest BCUT2D eigenvalue weighted by Gasteiger charge is -2.32. The van der Waals surface area contributed by atoms with Crippen molar-refractivity contribution < 1.29 is 19.4 Å². The molecule has 0 spiro atoms. The minimum absolute atomic E-state index is 0.247. The Kier molecular flexibility index (Phi) is 5.27. The number of carbonyl (C=O) groups is 2. The van der Waals surface area contributed by atoms with Gasteiger partial charge in [0.05, 0.1) is 19.3 Å². The molecule has 25 heavy (non-hydrogen) atoms. The van der Waals surface area contributed by atoms with Gasteiger partial charge in [0.1, 0.15) is 5.41 Å². The third kappa shape index (κ3) is 3.49. The van der Waals surface area contributed by atoms with E-state index in [0.29, 0.717) is 26.1 Å². The van der Waals surface area contributed by atoms with Crippen molar-refractivity contribution in [1.29, 1.82) is 0 Å². The lowest BCUT2D eigenvalue weighted by atomic mass is 9.85. The highest BCUT2D eigenvalue weighted by Crippen LogP contribution is 2.39. The fourth-order valence-corrected chi connectivity index (χ4v) is 3.88. The second-order valence-electron chi connectivity index (χ2n) is 6.95. The predicted molar refractivity (Wildman–Crippen MR) is 94.6 cm³/mol. The SMILES string of the molecule is CC(NC(=O)C1(C(=O)O)CCCC1)c1ccccc1N1CCOCC1. The first kappa shape index (κ1) is 17.7. The maximum absolute atomic E-state index is 12.8. The number of rotatable bonds is 5. The molecule has 2 aliphatic rings. The average Bonchev–Trinajstić information content (AvgIpc) is 3.14. The predicted octanol–water partition coefficient (Wildman–Crippen LogP) is 2.35. The first-order chi connectivity index (χ1) is 12.0. The molecule has 1 heterocycles. The van der Waals surface area contributed by atoms with Crippen LogP contribution in [-0.4, -0.2) is 43.3 Å². The molecule has 1 aromatic carbocycles. The molecule has 2 fully saturated rings. The number of morpholine rings is 1. The number of anilines is 1. The molecule has 6 heteroatoms. The first-order valence-electron chi connectivity index (χ1n) is 9.00. The Balaban J connectivity index is 1.78. The summed E-state index contributed by atoms with van der Waals surface area (Å²) in [5, 5.41) is 12.6. The molecule has 6 nitrogen and oxygen atoms in total. The summed E-state index contributed by atoms with van der Waals surface area (Å²) in [6, 6.07) is 7.73. The van der Waals surface area contributed by atoms with E-state index in [1.54, 1.807) is 0 Å². The summed E-state index contributed by atoms with van der Waals surface area (Å²) in [7, 11) is 0. The molecule has 136 valence electrons. The van der Waals surface area contributed by atoms with Gasteiger partial charge in [-0.15, -0.1) is 0 Å². The quantitative estimate of drug-likeness (QED) is 0.800. The topological polar surface area (TPSA) is 78.9 Å². The lowest BCUT2D eigenvalue weighted by Crippen LogP contribution is -2.46. The third-order valence-corrected chi connectivity index (χ3v) is 5.40. The van der Waals surface area contributed by atoms with Crippen molar-refractivity contribution in [2.24, 2.45) is 5.41 Å².